The first-order valence-corrected chi connectivity index (χ1v) is 8.11. The SMILES string of the molecule is Cc1nnc(SCC(=O)N(C)Cc2ccnc3ccccc23)o1. The van der Waals surface area contributed by atoms with Gasteiger partial charge in [0.25, 0.3) is 5.22 Å². The Bertz CT molecular complexity index is 828. The molecule has 3 rings (SSSR count). The molecule has 7 heteroatoms. The van der Waals surface area contributed by atoms with Crippen LogP contribution in [0.4, 0.5) is 0 Å². The second kappa shape index (κ2) is 6.78. The molecule has 0 atom stereocenters. The molecule has 0 bridgehead atoms. The summed E-state index contributed by atoms with van der Waals surface area (Å²) in [7, 11) is 1.79. The molecule has 118 valence electrons. The molecular formula is C16H16N4O2S. The topological polar surface area (TPSA) is 72.1 Å². The zero-order chi connectivity index (χ0) is 16.2. The fraction of sp³-hybridized carbons (Fsp3) is 0.250. The van der Waals surface area contributed by atoms with Crippen LogP contribution in [0.2, 0.25) is 0 Å². The van der Waals surface area contributed by atoms with Crippen molar-refractivity contribution in [3.8, 4) is 0 Å². The maximum atomic E-state index is 12.3. The summed E-state index contributed by atoms with van der Waals surface area (Å²) < 4.78 is 5.25. The normalized spacial score (nSPS) is 10.9. The number of rotatable bonds is 5. The van der Waals surface area contributed by atoms with Gasteiger partial charge in [-0.1, -0.05) is 30.0 Å². The van der Waals surface area contributed by atoms with Crippen molar-refractivity contribution in [3.05, 3.63) is 48.0 Å². The maximum Gasteiger partial charge on any atom is 0.277 e. The minimum atomic E-state index is 0.00625. The lowest BCUT2D eigenvalue weighted by atomic mass is 10.1. The van der Waals surface area contributed by atoms with Gasteiger partial charge >= 0.3 is 0 Å². The van der Waals surface area contributed by atoms with E-state index < -0.39 is 0 Å². The van der Waals surface area contributed by atoms with Crippen molar-refractivity contribution < 1.29 is 9.21 Å². The molecule has 1 aromatic carbocycles. The third-order valence-corrected chi connectivity index (χ3v) is 4.20. The molecule has 6 nitrogen and oxygen atoms in total. The van der Waals surface area contributed by atoms with Gasteiger partial charge in [-0.2, -0.15) is 0 Å². The van der Waals surface area contributed by atoms with E-state index in [0.717, 1.165) is 16.5 Å². The second-order valence-corrected chi connectivity index (χ2v) is 6.04. The molecule has 0 spiro atoms. The van der Waals surface area contributed by atoms with Gasteiger partial charge in [0.05, 0.1) is 11.3 Å². The first kappa shape index (κ1) is 15.5. The molecular weight excluding hydrogens is 312 g/mol. The standard InChI is InChI=1S/C16H16N4O2S/c1-11-18-19-16(22-11)23-10-15(21)20(2)9-12-7-8-17-14-6-4-3-5-13(12)14/h3-8H,9-10H2,1-2H3. The fourth-order valence-corrected chi connectivity index (χ4v) is 2.95. The smallest absolute Gasteiger partial charge is 0.277 e. The van der Waals surface area contributed by atoms with Gasteiger partial charge < -0.3 is 9.32 Å². The van der Waals surface area contributed by atoms with Crippen LogP contribution in [0.5, 0.6) is 0 Å². The molecule has 0 saturated heterocycles. The number of fused-ring (bicyclic) bond motifs is 1. The van der Waals surface area contributed by atoms with Crippen molar-refractivity contribution in [1.82, 2.24) is 20.1 Å². The van der Waals surface area contributed by atoms with Crippen LogP contribution in [0.25, 0.3) is 10.9 Å². The lowest BCUT2D eigenvalue weighted by Crippen LogP contribution is -2.27. The van der Waals surface area contributed by atoms with Crippen molar-refractivity contribution in [2.45, 2.75) is 18.7 Å². The Morgan fingerprint density at radius 2 is 2.09 bits per heavy atom. The summed E-state index contributed by atoms with van der Waals surface area (Å²) in [5.41, 5.74) is 2.01. The van der Waals surface area contributed by atoms with Crippen LogP contribution in [0, 0.1) is 6.92 Å². The highest BCUT2D eigenvalue weighted by molar-refractivity contribution is 7.99. The third-order valence-electron chi connectivity index (χ3n) is 3.40. The van der Waals surface area contributed by atoms with E-state index in [1.54, 1.807) is 25.1 Å². The zero-order valence-corrected chi connectivity index (χ0v) is 13.7. The number of hydrogen-bond donors (Lipinski definition) is 0. The van der Waals surface area contributed by atoms with Crippen molar-refractivity contribution in [3.63, 3.8) is 0 Å². The predicted octanol–water partition coefficient (Wildman–Crippen LogP) is 2.68. The summed E-state index contributed by atoms with van der Waals surface area (Å²) in [6.07, 6.45) is 1.77. The summed E-state index contributed by atoms with van der Waals surface area (Å²) >= 11 is 1.25. The minimum absolute atomic E-state index is 0.00625. The Hall–Kier alpha value is -2.41. The number of carbonyl (C=O) groups excluding carboxylic acids is 1. The largest absolute Gasteiger partial charge is 0.416 e. The van der Waals surface area contributed by atoms with Crippen molar-refractivity contribution >= 4 is 28.6 Å². The number of carbonyl (C=O) groups is 1. The van der Waals surface area contributed by atoms with Gasteiger partial charge in [-0.15, -0.1) is 10.2 Å². The Kier molecular flexibility index (Phi) is 4.57. The first-order valence-electron chi connectivity index (χ1n) is 7.13. The van der Waals surface area contributed by atoms with Crippen LogP contribution in [0.3, 0.4) is 0 Å². The number of para-hydroxylation sites is 1. The van der Waals surface area contributed by atoms with Crippen LogP contribution in [0.15, 0.2) is 46.2 Å². The highest BCUT2D eigenvalue weighted by Gasteiger charge is 2.13. The van der Waals surface area contributed by atoms with Crippen LogP contribution in [0.1, 0.15) is 11.5 Å². The lowest BCUT2D eigenvalue weighted by Gasteiger charge is -2.17. The Morgan fingerprint density at radius 1 is 1.26 bits per heavy atom. The van der Waals surface area contributed by atoms with Crippen LogP contribution < -0.4 is 0 Å². The summed E-state index contributed by atoms with van der Waals surface area (Å²) in [4.78, 5) is 18.3. The first-order chi connectivity index (χ1) is 11.1. The molecule has 0 aliphatic carbocycles. The Balaban J connectivity index is 1.65. The van der Waals surface area contributed by atoms with Gasteiger partial charge in [0.1, 0.15) is 0 Å². The Morgan fingerprint density at radius 3 is 2.87 bits per heavy atom. The summed E-state index contributed by atoms with van der Waals surface area (Å²) in [5, 5.41) is 9.09. The molecule has 0 radical (unpaired) electrons. The number of hydrogen-bond acceptors (Lipinski definition) is 6. The third kappa shape index (κ3) is 3.68. The van der Waals surface area contributed by atoms with E-state index >= 15 is 0 Å². The van der Waals surface area contributed by atoms with E-state index in [4.69, 9.17) is 4.42 Å². The molecule has 2 heterocycles. The fourth-order valence-electron chi connectivity index (χ4n) is 2.21. The van der Waals surface area contributed by atoms with E-state index in [0.29, 0.717) is 17.7 Å². The van der Waals surface area contributed by atoms with Gasteiger partial charge in [0, 0.05) is 32.1 Å². The number of aryl methyl sites for hydroxylation is 1. The average Bonchev–Trinajstić information content (AvgIpc) is 2.98. The molecule has 3 aromatic rings. The summed E-state index contributed by atoms with van der Waals surface area (Å²) in [5.74, 6) is 0.768. The van der Waals surface area contributed by atoms with E-state index in [-0.39, 0.29) is 11.7 Å². The average molecular weight is 328 g/mol. The molecule has 0 aliphatic rings. The molecule has 23 heavy (non-hydrogen) atoms. The monoisotopic (exact) mass is 328 g/mol. The van der Waals surface area contributed by atoms with Gasteiger partial charge in [-0.05, 0) is 17.7 Å². The summed E-state index contributed by atoms with van der Waals surface area (Å²) in [6.45, 7) is 2.25. The molecule has 2 aromatic heterocycles. The highest BCUT2D eigenvalue weighted by Crippen LogP contribution is 2.19. The zero-order valence-electron chi connectivity index (χ0n) is 12.9. The predicted molar refractivity (Wildman–Crippen MR) is 88.0 cm³/mol. The number of amides is 1. The van der Waals surface area contributed by atoms with Crippen LogP contribution in [-0.2, 0) is 11.3 Å². The van der Waals surface area contributed by atoms with E-state index in [2.05, 4.69) is 15.2 Å². The van der Waals surface area contributed by atoms with Crippen LogP contribution >= 0.6 is 11.8 Å². The number of aromatic nitrogens is 3. The number of thioether (sulfide) groups is 1. The summed E-state index contributed by atoms with van der Waals surface area (Å²) in [6, 6.07) is 9.86. The van der Waals surface area contributed by atoms with Gasteiger partial charge in [-0.25, -0.2) is 0 Å². The van der Waals surface area contributed by atoms with Crippen molar-refractivity contribution in [2.24, 2.45) is 0 Å². The molecule has 0 unspecified atom stereocenters. The number of benzene rings is 1. The van der Waals surface area contributed by atoms with Crippen molar-refractivity contribution in [2.75, 3.05) is 12.8 Å². The second-order valence-electron chi connectivity index (χ2n) is 5.11. The quantitative estimate of drug-likeness (QED) is 0.671. The molecule has 0 N–H and O–H groups in total. The van der Waals surface area contributed by atoms with Gasteiger partial charge in [0.15, 0.2) is 0 Å². The van der Waals surface area contributed by atoms with Gasteiger partial charge in [0.2, 0.25) is 11.8 Å². The molecule has 1 amide bonds. The molecule has 0 aliphatic heterocycles. The Labute approximate surface area is 137 Å². The van der Waals surface area contributed by atoms with Crippen molar-refractivity contribution in [1.29, 1.82) is 0 Å². The lowest BCUT2D eigenvalue weighted by molar-refractivity contribution is -0.127. The van der Waals surface area contributed by atoms with Crippen LogP contribution in [-0.4, -0.2) is 38.8 Å². The van der Waals surface area contributed by atoms with E-state index in [1.807, 2.05) is 30.3 Å². The maximum absolute atomic E-state index is 12.3. The minimum Gasteiger partial charge on any atom is -0.416 e. The number of nitrogens with zero attached hydrogens (tertiary/aromatic N) is 4. The highest BCUT2D eigenvalue weighted by atomic mass is 32.2. The molecule has 0 saturated carbocycles. The molecule has 0 fully saturated rings. The van der Waals surface area contributed by atoms with E-state index in [1.165, 1.54) is 11.8 Å². The van der Waals surface area contributed by atoms with E-state index in [9.17, 15) is 4.79 Å². The number of pyridine rings is 1. The van der Waals surface area contributed by atoms with Gasteiger partial charge in [-0.3, -0.25) is 9.78 Å².